The van der Waals surface area contributed by atoms with Gasteiger partial charge in [-0.15, -0.1) is 6.42 Å². The molecule has 0 fully saturated rings. The van der Waals surface area contributed by atoms with E-state index in [1.54, 1.807) is 6.20 Å². The van der Waals surface area contributed by atoms with Gasteiger partial charge < -0.3 is 0 Å². The third-order valence-electron chi connectivity index (χ3n) is 2.16. The molecular weight excluding hydrogens is 172 g/mol. The molecule has 1 heterocycles. The highest BCUT2D eigenvalue weighted by molar-refractivity contribution is 5.27. The van der Waals surface area contributed by atoms with Crippen molar-refractivity contribution in [2.45, 2.75) is 26.3 Å². The van der Waals surface area contributed by atoms with Crippen molar-refractivity contribution in [2.24, 2.45) is 0 Å². The summed E-state index contributed by atoms with van der Waals surface area (Å²) in [7, 11) is 0. The van der Waals surface area contributed by atoms with Gasteiger partial charge in [-0.2, -0.15) is 0 Å². The van der Waals surface area contributed by atoms with Gasteiger partial charge in [-0.25, -0.2) is 0 Å². The van der Waals surface area contributed by atoms with E-state index < -0.39 is 0 Å². The van der Waals surface area contributed by atoms with Gasteiger partial charge in [0, 0.05) is 6.20 Å². The molecule has 1 aromatic rings. The Bertz CT molecular complexity index is 325. The van der Waals surface area contributed by atoms with Crippen LogP contribution in [0.1, 0.15) is 31.1 Å². The number of terminal acetylenes is 1. The molecule has 0 aliphatic carbocycles. The Kier molecular flexibility index (Phi) is 4.15. The molecule has 1 rings (SSSR count). The molecule has 74 valence electrons. The van der Waals surface area contributed by atoms with Crippen LogP contribution in [-0.4, -0.2) is 11.5 Å². The highest BCUT2D eigenvalue weighted by atomic mass is 14.9. The van der Waals surface area contributed by atoms with Crippen molar-refractivity contribution >= 4 is 0 Å². The average Bonchev–Trinajstić information content (AvgIpc) is 2.26. The Labute approximate surface area is 85.8 Å². The van der Waals surface area contributed by atoms with Crippen LogP contribution in [0.4, 0.5) is 0 Å². The van der Waals surface area contributed by atoms with Crippen LogP contribution < -0.4 is 5.32 Å². The first-order chi connectivity index (χ1) is 6.83. The van der Waals surface area contributed by atoms with E-state index in [-0.39, 0.29) is 6.04 Å². The molecule has 1 N–H and O–H groups in total. The first-order valence-corrected chi connectivity index (χ1v) is 4.96. The van der Waals surface area contributed by atoms with Crippen molar-refractivity contribution in [3.63, 3.8) is 0 Å². The molecule has 0 spiro atoms. The summed E-state index contributed by atoms with van der Waals surface area (Å²) in [6, 6.07) is 3.96. The Hall–Kier alpha value is -1.33. The van der Waals surface area contributed by atoms with Crippen LogP contribution in [0.2, 0.25) is 0 Å². The van der Waals surface area contributed by atoms with Crippen molar-refractivity contribution < 1.29 is 0 Å². The van der Waals surface area contributed by atoms with Gasteiger partial charge in [0.25, 0.3) is 0 Å². The van der Waals surface area contributed by atoms with Gasteiger partial charge in [-0.3, -0.25) is 10.3 Å². The maximum absolute atomic E-state index is 5.46. The standard InChI is InChI=1S/C12H16N2/c1-4-10-8-7-9-14-12(10)11(5-2)13-6-3/h2,7-9,11,13H,4,6H2,1,3H3. The highest BCUT2D eigenvalue weighted by Crippen LogP contribution is 2.14. The average molecular weight is 188 g/mol. The molecule has 0 aromatic carbocycles. The Balaban J connectivity index is 2.97. The van der Waals surface area contributed by atoms with E-state index in [4.69, 9.17) is 6.42 Å². The van der Waals surface area contributed by atoms with Crippen molar-refractivity contribution in [2.75, 3.05) is 6.54 Å². The SMILES string of the molecule is C#CC(NCC)c1ncccc1CC. The van der Waals surface area contributed by atoms with Gasteiger partial charge in [0.1, 0.15) is 6.04 Å². The normalized spacial score (nSPS) is 12.1. The molecule has 0 saturated carbocycles. The summed E-state index contributed by atoms with van der Waals surface area (Å²) in [5.41, 5.74) is 2.20. The molecule has 0 bridgehead atoms. The van der Waals surface area contributed by atoms with Crippen LogP contribution >= 0.6 is 0 Å². The van der Waals surface area contributed by atoms with Crippen LogP contribution in [0, 0.1) is 12.3 Å². The Morgan fingerprint density at radius 3 is 2.93 bits per heavy atom. The van der Waals surface area contributed by atoms with E-state index in [1.165, 1.54) is 5.56 Å². The summed E-state index contributed by atoms with van der Waals surface area (Å²) in [4.78, 5) is 4.33. The van der Waals surface area contributed by atoms with Gasteiger partial charge in [0.2, 0.25) is 0 Å². The second kappa shape index (κ2) is 5.41. The number of nitrogens with zero attached hydrogens (tertiary/aromatic N) is 1. The van der Waals surface area contributed by atoms with E-state index in [0.717, 1.165) is 18.7 Å². The van der Waals surface area contributed by atoms with Crippen molar-refractivity contribution in [3.8, 4) is 12.3 Å². The summed E-state index contributed by atoms with van der Waals surface area (Å²) in [5, 5.41) is 3.22. The summed E-state index contributed by atoms with van der Waals surface area (Å²) in [5.74, 6) is 2.72. The Morgan fingerprint density at radius 1 is 1.57 bits per heavy atom. The fourth-order valence-electron chi connectivity index (χ4n) is 1.45. The molecule has 0 saturated heterocycles. The molecule has 0 aliphatic rings. The molecular formula is C12H16N2. The van der Waals surface area contributed by atoms with Crippen LogP contribution in [0.3, 0.4) is 0 Å². The third kappa shape index (κ3) is 2.34. The van der Waals surface area contributed by atoms with Crippen LogP contribution in [0.15, 0.2) is 18.3 Å². The number of hydrogen-bond acceptors (Lipinski definition) is 2. The Morgan fingerprint density at radius 2 is 2.36 bits per heavy atom. The van der Waals surface area contributed by atoms with Crippen LogP contribution in [0.25, 0.3) is 0 Å². The molecule has 0 amide bonds. The fourth-order valence-corrected chi connectivity index (χ4v) is 1.45. The monoisotopic (exact) mass is 188 g/mol. The van der Waals surface area contributed by atoms with Crippen LogP contribution in [-0.2, 0) is 6.42 Å². The summed E-state index contributed by atoms with van der Waals surface area (Å²) in [6.45, 7) is 5.01. The molecule has 1 unspecified atom stereocenters. The number of rotatable bonds is 4. The lowest BCUT2D eigenvalue weighted by molar-refractivity contribution is 0.642. The van der Waals surface area contributed by atoms with E-state index in [2.05, 4.69) is 29.2 Å². The molecule has 1 aromatic heterocycles. The molecule has 0 aliphatic heterocycles. The largest absolute Gasteiger partial charge is 0.299 e. The van der Waals surface area contributed by atoms with Gasteiger partial charge in [0.05, 0.1) is 5.69 Å². The summed E-state index contributed by atoms with van der Waals surface area (Å²) < 4.78 is 0. The number of pyridine rings is 1. The number of nitrogens with one attached hydrogen (secondary N) is 1. The minimum atomic E-state index is -0.0591. The second-order valence-electron chi connectivity index (χ2n) is 3.06. The van der Waals surface area contributed by atoms with E-state index in [0.29, 0.717) is 0 Å². The smallest absolute Gasteiger partial charge is 0.112 e. The lowest BCUT2D eigenvalue weighted by Crippen LogP contribution is -2.21. The van der Waals surface area contributed by atoms with Gasteiger partial charge in [0.15, 0.2) is 0 Å². The van der Waals surface area contributed by atoms with E-state index in [1.807, 2.05) is 13.0 Å². The number of hydrogen-bond donors (Lipinski definition) is 1. The van der Waals surface area contributed by atoms with E-state index >= 15 is 0 Å². The zero-order chi connectivity index (χ0) is 10.4. The van der Waals surface area contributed by atoms with Crippen molar-refractivity contribution in [1.29, 1.82) is 0 Å². The molecule has 14 heavy (non-hydrogen) atoms. The zero-order valence-electron chi connectivity index (χ0n) is 8.75. The predicted octanol–water partition coefficient (Wildman–Crippen LogP) is 1.93. The lowest BCUT2D eigenvalue weighted by Gasteiger charge is -2.13. The van der Waals surface area contributed by atoms with Crippen LogP contribution in [0.5, 0.6) is 0 Å². The predicted molar refractivity (Wildman–Crippen MR) is 58.9 cm³/mol. The first-order valence-electron chi connectivity index (χ1n) is 4.96. The fraction of sp³-hybridized carbons (Fsp3) is 0.417. The quantitative estimate of drug-likeness (QED) is 0.730. The number of aryl methyl sites for hydroxylation is 1. The maximum atomic E-state index is 5.46. The summed E-state index contributed by atoms with van der Waals surface area (Å²) >= 11 is 0. The molecule has 2 heteroatoms. The summed E-state index contributed by atoms with van der Waals surface area (Å²) in [6.07, 6.45) is 8.21. The van der Waals surface area contributed by atoms with Gasteiger partial charge >= 0.3 is 0 Å². The minimum Gasteiger partial charge on any atom is -0.299 e. The number of aromatic nitrogens is 1. The topological polar surface area (TPSA) is 24.9 Å². The second-order valence-corrected chi connectivity index (χ2v) is 3.06. The first kappa shape index (κ1) is 10.7. The van der Waals surface area contributed by atoms with Crippen molar-refractivity contribution in [1.82, 2.24) is 10.3 Å². The third-order valence-corrected chi connectivity index (χ3v) is 2.16. The van der Waals surface area contributed by atoms with E-state index in [9.17, 15) is 0 Å². The van der Waals surface area contributed by atoms with Crippen molar-refractivity contribution in [3.05, 3.63) is 29.6 Å². The molecule has 0 radical (unpaired) electrons. The lowest BCUT2D eigenvalue weighted by atomic mass is 10.1. The molecule has 2 nitrogen and oxygen atoms in total. The van der Waals surface area contributed by atoms with Gasteiger partial charge in [-0.05, 0) is 24.6 Å². The molecule has 1 atom stereocenters. The highest BCUT2D eigenvalue weighted by Gasteiger charge is 2.11. The minimum absolute atomic E-state index is 0.0591. The zero-order valence-corrected chi connectivity index (χ0v) is 8.75. The van der Waals surface area contributed by atoms with Gasteiger partial charge in [-0.1, -0.05) is 25.8 Å². The maximum Gasteiger partial charge on any atom is 0.112 e.